The molecule has 0 fully saturated rings. The molecule has 73 valence electrons. The van der Waals surface area contributed by atoms with E-state index >= 15 is 0 Å². The number of para-hydroxylation sites is 1. The van der Waals surface area contributed by atoms with Crippen LogP contribution in [0.3, 0.4) is 0 Å². The van der Waals surface area contributed by atoms with Crippen LogP contribution in [0.5, 0.6) is 5.75 Å². The number of phenols is 1. The monoisotopic (exact) mass is 275 g/mol. The Morgan fingerprint density at radius 3 is 2.29 bits per heavy atom. The van der Waals surface area contributed by atoms with Crippen LogP contribution in [0.25, 0.3) is 11.1 Å². The molecule has 0 amide bonds. The summed E-state index contributed by atoms with van der Waals surface area (Å²) in [5.74, 6) is 0.296. The molecule has 2 aromatic rings. The number of benzene rings is 2. The summed E-state index contributed by atoms with van der Waals surface area (Å²) < 4.78 is 0. The van der Waals surface area contributed by atoms with Crippen molar-refractivity contribution < 1.29 is 25.5 Å². The maximum Gasteiger partial charge on any atom is 1.00 e. The van der Waals surface area contributed by atoms with E-state index in [9.17, 15) is 5.11 Å². The molecule has 0 aliphatic rings. The second-order valence-electron chi connectivity index (χ2n) is 2.79. The molecule has 0 aliphatic heterocycles. The third-order valence-electron chi connectivity index (χ3n) is 1.90. The Balaban J connectivity index is 0.000000980. The Labute approximate surface area is 97.1 Å². The zero-order chi connectivity index (χ0) is 9.10. The van der Waals surface area contributed by atoms with Gasteiger partial charge in [0.25, 0.3) is 0 Å². The predicted molar refractivity (Wildman–Crippen MR) is 52.4 cm³/mol. The molecule has 0 bridgehead atoms. The molecular formula is C12H9OPd. The van der Waals surface area contributed by atoms with Gasteiger partial charge in [0.15, 0.2) is 0 Å². The summed E-state index contributed by atoms with van der Waals surface area (Å²) in [5.41, 5.74) is 1.74. The third kappa shape index (κ3) is 2.23. The first kappa shape index (κ1) is 11.0. The minimum absolute atomic E-state index is 0. The van der Waals surface area contributed by atoms with E-state index in [1.165, 1.54) is 0 Å². The van der Waals surface area contributed by atoms with E-state index in [0.717, 1.165) is 11.1 Å². The molecule has 0 saturated heterocycles. The molecule has 14 heavy (non-hydrogen) atoms. The van der Waals surface area contributed by atoms with Gasteiger partial charge in [-0.05, 0) is 6.07 Å². The molecule has 1 nitrogen and oxygen atoms in total. The quantitative estimate of drug-likeness (QED) is 0.627. The van der Waals surface area contributed by atoms with Crippen molar-refractivity contribution >= 4 is 0 Å². The van der Waals surface area contributed by atoms with E-state index < -0.39 is 0 Å². The van der Waals surface area contributed by atoms with Gasteiger partial charge in [-0.15, -0.1) is 35.9 Å². The van der Waals surface area contributed by atoms with Crippen LogP contribution in [0, 0.1) is 6.07 Å². The standard InChI is InChI=1S/C12H9O.Pd/c13-12-9-5-4-8-11(12)10-6-2-1-3-7-10;/h1-6,8-9,13H;/q-1;+1. The first-order valence-electron chi connectivity index (χ1n) is 4.13. The van der Waals surface area contributed by atoms with Gasteiger partial charge in [0, 0.05) is 0 Å². The van der Waals surface area contributed by atoms with Gasteiger partial charge in [-0.1, -0.05) is 23.8 Å². The summed E-state index contributed by atoms with van der Waals surface area (Å²) in [7, 11) is 0. The van der Waals surface area contributed by atoms with Crippen molar-refractivity contribution in [3.8, 4) is 16.9 Å². The Bertz CT molecular complexity index is 398. The van der Waals surface area contributed by atoms with Crippen LogP contribution < -0.4 is 0 Å². The fourth-order valence-electron chi connectivity index (χ4n) is 1.26. The first-order valence-corrected chi connectivity index (χ1v) is 4.13. The minimum Gasteiger partial charge on any atom is -0.517 e. The van der Waals surface area contributed by atoms with Crippen molar-refractivity contribution in [1.29, 1.82) is 0 Å². The Morgan fingerprint density at radius 1 is 0.929 bits per heavy atom. The molecule has 0 spiro atoms. The zero-order valence-corrected chi connectivity index (χ0v) is 8.94. The smallest absolute Gasteiger partial charge is 0.517 e. The first-order chi connectivity index (χ1) is 6.38. The van der Waals surface area contributed by atoms with Crippen LogP contribution in [-0.2, 0) is 20.4 Å². The van der Waals surface area contributed by atoms with Gasteiger partial charge in [0.1, 0.15) is 0 Å². The largest absolute Gasteiger partial charge is 1.00 e. The SMILES string of the molecule is Oc1ccccc1-c1[c-]cccc1.[Pd+]. The van der Waals surface area contributed by atoms with Gasteiger partial charge in [-0.3, -0.25) is 0 Å². The van der Waals surface area contributed by atoms with Crippen LogP contribution in [-0.4, -0.2) is 5.11 Å². The molecule has 0 heterocycles. The molecule has 2 aromatic carbocycles. The van der Waals surface area contributed by atoms with Gasteiger partial charge >= 0.3 is 20.4 Å². The molecule has 1 radical (unpaired) electrons. The molecule has 1 N–H and O–H groups in total. The third-order valence-corrected chi connectivity index (χ3v) is 1.90. The number of hydrogen-bond donors (Lipinski definition) is 1. The second-order valence-corrected chi connectivity index (χ2v) is 2.79. The van der Waals surface area contributed by atoms with Crippen molar-refractivity contribution in [2.45, 2.75) is 0 Å². The summed E-state index contributed by atoms with van der Waals surface area (Å²) >= 11 is 0. The molecule has 0 aliphatic carbocycles. The molecule has 2 heteroatoms. The van der Waals surface area contributed by atoms with Gasteiger partial charge in [-0.25, -0.2) is 0 Å². The zero-order valence-electron chi connectivity index (χ0n) is 7.38. The van der Waals surface area contributed by atoms with E-state index in [0.29, 0.717) is 5.75 Å². The fourth-order valence-corrected chi connectivity index (χ4v) is 1.26. The molecular weight excluding hydrogens is 267 g/mol. The maximum atomic E-state index is 9.54. The topological polar surface area (TPSA) is 20.2 Å². The second kappa shape index (κ2) is 4.95. The van der Waals surface area contributed by atoms with Crippen LogP contribution in [0.4, 0.5) is 0 Å². The molecule has 0 aromatic heterocycles. The van der Waals surface area contributed by atoms with E-state index in [2.05, 4.69) is 6.07 Å². The van der Waals surface area contributed by atoms with E-state index in [1.54, 1.807) is 6.07 Å². The van der Waals surface area contributed by atoms with Crippen molar-refractivity contribution in [2.75, 3.05) is 0 Å². The number of hydrogen-bond acceptors (Lipinski definition) is 1. The van der Waals surface area contributed by atoms with Crippen LogP contribution in [0.2, 0.25) is 0 Å². The van der Waals surface area contributed by atoms with E-state index in [4.69, 9.17) is 0 Å². The molecule has 0 saturated carbocycles. The van der Waals surface area contributed by atoms with Crippen LogP contribution in [0.1, 0.15) is 0 Å². The average Bonchev–Trinajstić information content (AvgIpc) is 2.20. The molecule has 2 rings (SSSR count). The Kier molecular flexibility index (Phi) is 3.88. The van der Waals surface area contributed by atoms with Crippen molar-refractivity contribution in [1.82, 2.24) is 0 Å². The molecule has 0 atom stereocenters. The van der Waals surface area contributed by atoms with Gasteiger partial charge < -0.3 is 5.11 Å². The van der Waals surface area contributed by atoms with Crippen molar-refractivity contribution in [3.63, 3.8) is 0 Å². The Hall–Kier alpha value is -1.10. The molecule has 0 unspecified atom stereocenters. The summed E-state index contributed by atoms with van der Waals surface area (Å²) in [4.78, 5) is 0. The number of phenolic OH excluding ortho intramolecular Hbond substituents is 1. The maximum absolute atomic E-state index is 9.54. The van der Waals surface area contributed by atoms with Crippen LogP contribution >= 0.6 is 0 Å². The number of aromatic hydroxyl groups is 1. The van der Waals surface area contributed by atoms with E-state index in [-0.39, 0.29) is 20.4 Å². The van der Waals surface area contributed by atoms with Crippen molar-refractivity contribution in [2.24, 2.45) is 0 Å². The normalized spacial score (nSPS) is 9.14. The fraction of sp³-hybridized carbons (Fsp3) is 0. The van der Waals surface area contributed by atoms with E-state index in [1.807, 2.05) is 42.5 Å². The minimum atomic E-state index is 0. The summed E-state index contributed by atoms with van der Waals surface area (Å²) in [6.07, 6.45) is 0. The average molecular weight is 276 g/mol. The van der Waals surface area contributed by atoms with Gasteiger partial charge in [-0.2, -0.15) is 0 Å². The number of rotatable bonds is 1. The summed E-state index contributed by atoms with van der Waals surface area (Å²) in [6, 6.07) is 17.9. The van der Waals surface area contributed by atoms with Crippen LogP contribution in [0.15, 0.2) is 48.5 Å². The van der Waals surface area contributed by atoms with Gasteiger partial charge in [0.05, 0.1) is 5.75 Å². The summed E-state index contributed by atoms with van der Waals surface area (Å²) in [6.45, 7) is 0. The predicted octanol–water partition coefficient (Wildman–Crippen LogP) is 2.86. The van der Waals surface area contributed by atoms with Crippen molar-refractivity contribution in [3.05, 3.63) is 54.6 Å². The van der Waals surface area contributed by atoms with Gasteiger partial charge in [0.2, 0.25) is 0 Å². The Morgan fingerprint density at radius 2 is 1.64 bits per heavy atom. The summed E-state index contributed by atoms with van der Waals surface area (Å²) in [5, 5.41) is 9.54.